The molecule has 1 aromatic heterocycles. The van der Waals surface area contributed by atoms with Gasteiger partial charge < -0.3 is 15.2 Å². The third-order valence-electron chi connectivity index (χ3n) is 6.64. The van der Waals surface area contributed by atoms with Gasteiger partial charge in [-0.1, -0.05) is 18.2 Å². The van der Waals surface area contributed by atoms with E-state index >= 15 is 0 Å². The van der Waals surface area contributed by atoms with Crippen LogP contribution in [0.3, 0.4) is 0 Å². The van der Waals surface area contributed by atoms with E-state index in [1.54, 1.807) is 0 Å². The van der Waals surface area contributed by atoms with Crippen LogP contribution in [0, 0.1) is 24.7 Å². The van der Waals surface area contributed by atoms with Crippen molar-refractivity contribution in [1.29, 1.82) is 0 Å². The van der Waals surface area contributed by atoms with Crippen LogP contribution >= 0.6 is 0 Å². The molecule has 2 fully saturated rings. The van der Waals surface area contributed by atoms with Crippen LogP contribution in [-0.4, -0.2) is 23.6 Å². The predicted octanol–water partition coefficient (Wildman–Crippen LogP) is 2.71. The molecule has 25 heavy (non-hydrogen) atoms. The lowest BCUT2D eigenvalue weighted by molar-refractivity contribution is -0.124. The third-order valence-corrected chi connectivity index (χ3v) is 6.64. The fourth-order valence-electron chi connectivity index (χ4n) is 5.51. The topological polar surface area (TPSA) is 46.1 Å². The van der Waals surface area contributed by atoms with Gasteiger partial charge in [0.2, 0.25) is 5.91 Å². The van der Waals surface area contributed by atoms with Gasteiger partial charge in [0, 0.05) is 29.1 Å². The number of amides is 1. The fourth-order valence-corrected chi connectivity index (χ4v) is 5.51. The monoisotopic (exact) mass is 337 g/mol. The van der Waals surface area contributed by atoms with Crippen LogP contribution < -0.4 is 10.6 Å². The zero-order valence-electron chi connectivity index (χ0n) is 15.4. The average Bonchev–Trinajstić information content (AvgIpc) is 2.94. The van der Waals surface area contributed by atoms with Gasteiger partial charge in [0.1, 0.15) is 0 Å². The Morgan fingerprint density at radius 3 is 2.80 bits per heavy atom. The van der Waals surface area contributed by atoms with Crippen molar-refractivity contribution in [2.45, 2.75) is 45.7 Å². The van der Waals surface area contributed by atoms with Gasteiger partial charge in [0.05, 0.1) is 11.1 Å². The van der Waals surface area contributed by atoms with Gasteiger partial charge in [-0.15, -0.1) is 0 Å². The van der Waals surface area contributed by atoms with Crippen LogP contribution in [0.15, 0.2) is 18.2 Å². The molecule has 4 heteroatoms. The van der Waals surface area contributed by atoms with Crippen molar-refractivity contribution in [2.24, 2.45) is 17.8 Å². The number of nitrogens with one attached hydrogen (secondary N) is 2. The zero-order valence-corrected chi connectivity index (χ0v) is 15.4. The van der Waals surface area contributed by atoms with E-state index < -0.39 is 0 Å². The lowest BCUT2D eigenvalue weighted by atomic mass is 9.89. The molecule has 0 radical (unpaired) electrons. The Morgan fingerprint density at radius 2 is 2.04 bits per heavy atom. The number of aryl methyl sites for hydroxylation is 2. The number of fused-ring (bicyclic) bond motifs is 4. The summed E-state index contributed by atoms with van der Waals surface area (Å²) < 4.78 is 2.49. The molecule has 2 N–H and O–H groups in total. The van der Waals surface area contributed by atoms with Crippen molar-refractivity contribution in [3.63, 3.8) is 0 Å². The summed E-state index contributed by atoms with van der Waals surface area (Å²) in [7, 11) is 0. The lowest BCUT2D eigenvalue weighted by Crippen LogP contribution is -2.43. The minimum Gasteiger partial charge on any atom is -0.347 e. The van der Waals surface area contributed by atoms with E-state index in [-0.39, 0.29) is 17.4 Å². The summed E-state index contributed by atoms with van der Waals surface area (Å²) >= 11 is 0. The van der Waals surface area contributed by atoms with E-state index in [2.05, 4.69) is 54.2 Å². The molecule has 1 aromatic carbocycles. The largest absolute Gasteiger partial charge is 0.347 e. The average molecular weight is 337 g/mol. The van der Waals surface area contributed by atoms with Crippen LogP contribution in [0.25, 0.3) is 10.9 Å². The standard InChI is InChI=1S/C21H27N3O/c1-12-6-4-7-13-18(16-8-5-9-24(16)19(12)13)21(2,3)23-20(25)17-14-10-22-11-15(14)17/h4,6-7,14-15,17,22H,5,8-11H2,1-3H3,(H,23,25)/t14-,15?,17+/m0/s1. The summed E-state index contributed by atoms with van der Waals surface area (Å²) in [6.45, 7) is 9.66. The molecular weight excluding hydrogens is 310 g/mol. The molecule has 1 saturated carbocycles. The third kappa shape index (κ3) is 2.13. The van der Waals surface area contributed by atoms with Gasteiger partial charge in [0.25, 0.3) is 0 Å². The fraction of sp³-hybridized carbons (Fsp3) is 0.571. The summed E-state index contributed by atoms with van der Waals surface area (Å²) in [6.07, 6.45) is 2.32. The van der Waals surface area contributed by atoms with E-state index in [0.29, 0.717) is 11.8 Å². The van der Waals surface area contributed by atoms with Gasteiger partial charge >= 0.3 is 0 Å². The van der Waals surface area contributed by atoms with Crippen molar-refractivity contribution >= 4 is 16.8 Å². The first-order valence-corrected chi connectivity index (χ1v) is 9.63. The maximum absolute atomic E-state index is 12.9. The second kappa shape index (κ2) is 5.10. The highest BCUT2D eigenvalue weighted by Crippen LogP contribution is 2.49. The molecule has 2 aromatic rings. The van der Waals surface area contributed by atoms with Gasteiger partial charge in [-0.2, -0.15) is 0 Å². The molecule has 1 saturated heterocycles. The number of carbonyl (C=O) groups is 1. The molecule has 132 valence electrons. The number of piperidine rings is 1. The van der Waals surface area contributed by atoms with Crippen molar-refractivity contribution in [3.05, 3.63) is 35.0 Å². The number of rotatable bonds is 3. The van der Waals surface area contributed by atoms with Crippen LogP contribution in [0.1, 0.15) is 37.1 Å². The molecule has 1 unspecified atom stereocenters. The number of aromatic nitrogens is 1. The van der Waals surface area contributed by atoms with E-state index in [0.717, 1.165) is 26.1 Å². The number of carbonyl (C=O) groups excluding carboxylic acids is 1. The summed E-state index contributed by atoms with van der Waals surface area (Å²) in [5.41, 5.74) is 5.11. The van der Waals surface area contributed by atoms with Crippen LogP contribution in [0.4, 0.5) is 0 Å². The molecule has 2 aliphatic heterocycles. The highest BCUT2D eigenvalue weighted by Gasteiger charge is 2.57. The maximum atomic E-state index is 12.9. The van der Waals surface area contributed by atoms with Crippen molar-refractivity contribution < 1.29 is 4.79 Å². The highest BCUT2D eigenvalue weighted by atomic mass is 16.2. The van der Waals surface area contributed by atoms with E-state index in [1.807, 2.05) is 0 Å². The van der Waals surface area contributed by atoms with E-state index in [9.17, 15) is 4.79 Å². The second-order valence-electron chi connectivity index (χ2n) is 8.67. The molecule has 4 nitrogen and oxygen atoms in total. The summed E-state index contributed by atoms with van der Waals surface area (Å²) in [5, 5.41) is 8.11. The van der Waals surface area contributed by atoms with Gasteiger partial charge in [-0.3, -0.25) is 4.79 Å². The Labute approximate surface area is 149 Å². The minimum atomic E-state index is -0.335. The van der Waals surface area contributed by atoms with Gasteiger partial charge in [0.15, 0.2) is 0 Å². The van der Waals surface area contributed by atoms with Gasteiger partial charge in [-0.25, -0.2) is 0 Å². The van der Waals surface area contributed by atoms with Crippen LogP contribution in [0.5, 0.6) is 0 Å². The van der Waals surface area contributed by atoms with Crippen molar-refractivity contribution in [3.8, 4) is 0 Å². The Balaban J connectivity index is 1.54. The number of nitrogens with zero attached hydrogens (tertiary/aromatic N) is 1. The van der Waals surface area contributed by atoms with Crippen LogP contribution in [-0.2, 0) is 23.3 Å². The Kier molecular flexibility index (Phi) is 3.15. The smallest absolute Gasteiger partial charge is 0.224 e. The SMILES string of the molecule is Cc1cccc2c(C(C)(C)NC(=O)[C@H]3C4CNC[C@@H]43)c3n(c12)CCC3. The summed E-state index contributed by atoms with van der Waals surface area (Å²) in [6, 6.07) is 6.57. The second-order valence-corrected chi connectivity index (χ2v) is 8.67. The maximum Gasteiger partial charge on any atom is 0.224 e. The van der Waals surface area contributed by atoms with Crippen molar-refractivity contribution in [1.82, 2.24) is 15.2 Å². The Morgan fingerprint density at radius 1 is 1.28 bits per heavy atom. The molecule has 5 rings (SSSR count). The Hall–Kier alpha value is -1.81. The normalized spacial score (nSPS) is 27.4. The summed E-state index contributed by atoms with van der Waals surface area (Å²) in [5.74, 6) is 1.61. The number of para-hydroxylation sites is 1. The molecule has 1 aliphatic carbocycles. The number of hydrogen-bond donors (Lipinski definition) is 2. The molecule has 0 spiro atoms. The first-order chi connectivity index (χ1) is 12.0. The Bertz CT molecular complexity index is 869. The lowest BCUT2D eigenvalue weighted by Gasteiger charge is -2.28. The van der Waals surface area contributed by atoms with E-state index in [1.165, 1.54) is 34.1 Å². The molecule has 1 amide bonds. The van der Waals surface area contributed by atoms with E-state index in [4.69, 9.17) is 0 Å². The zero-order chi connectivity index (χ0) is 17.3. The quantitative estimate of drug-likeness (QED) is 0.905. The predicted molar refractivity (Wildman–Crippen MR) is 99.5 cm³/mol. The van der Waals surface area contributed by atoms with Crippen molar-refractivity contribution in [2.75, 3.05) is 13.1 Å². The highest BCUT2D eigenvalue weighted by molar-refractivity contribution is 5.91. The first-order valence-electron chi connectivity index (χ1n) is 9.63. The molecule has 3 aliphatic rings. The molecular formula is C21H27N3O. The van der Waals surface area contributed by atoms with Gasteiger partial charge in [-0.05, 0) is 64.1 Å². The van der Waals surface area contributed by atoms with Crippen LogP contribution in [0.2, 0.25) is 0 Å². The summed E-state index contributed by atoms with van der Waals surface area (Å²) in [4.78, 5) is 12.9. The number of hydrogen-bond acceptors (Lipinski definition) is 2. The molecule has 3 atom stereocenters. The minimum absolute atomic E-state index is 0.226. The number of benzene rings is 1. The first kappa shape index (κ1) is 15.4. The molecule has 3 heterocycles. The molecule has 0 bridgehead atoms.